The fourth-order valence-electron chi connectivity index (χ4n) is 2.16. The Bertz CT molecular complexity index is 551. The summed E-state index contributed by atoms with van der Waals surface area (Å²) in [7, 11) is 0. The van der Waals surface area contributed by atoms with E-state index in [1.807, 2.05) is 0 Å². The van der Waals surface area contributed by atoms with Gasteiger partial charge in [-0.2, -0.15) is 15.0 Å². The Morgan fingerprint density at radius 1 is 1.40 bits per heavy atom. The Hall–Kier alpha value is -2.22. The molecule has 3 heterocycles. The highest BCUT2D eigenvalue weighted by molar-refractivity contribution is 5.35. The molecular formula is C12H17N7O. The maximum atomic E-state index is 5.71. The van der Waals surface area contributed by atoms with Gasteiger partial charge in [0.15, 0.2) is 0 Å². The summed E-state index contributed by atoms with van der Waals surface area (Å²) >= 11 is 0. The fourth-order valence-corrected chi connectivity index (χ4v) is 2.16. The van der Waals surface area contributed by atoms with Gasteiger partial charge in [0.2, 0.25) is 17.8 Å². The normalized spacial score (nSPS) is 18.9. The second kappa shape index (κ2) is 5.83. The third kappa shape index (κ3) is 3.02. The third-order valence-corrected chi connectivity index (χ3v) is 3.18. The largest absolute Gasteiger partial charge is 0.381 e. The molecule has 8 heteroatoms. The molecule has 2 aromatic heterocycles. The molecule has 3 N–H and O–H groups in total. The van der Waals surface area contributed by atoms with Crippen molar-refractivity contribution >= 4 is 11.9 Å². The van der Waals surface area contributed by atoms with E-state index in [2.05, 4.69) is 25.3 Å². The van der Waals surface area contributed by atoms with Gasteiger partial charge in [-0.3, -0.25) is 4.57 Å². The van der Waals surface area contributed by atoms with Crippen LogP contribution < -0.4 is 11.1 Å². The van der Waals surface area contributed by atoms with E-state index in [1.165, 1.54) is 0 Å². The van der Waals surface area contributed by atoms with Crippen LogP contribution in [0.4, 0.5) is 11.9 Å². The molecule has 1 fully saturated rings. The van der Waals surface area contributed by atoms with Crippen molar-refractivity contribution in [1.29, 1.82) is 0 Å². The second-order valence-corrected chi connectivity index (χ2v) is 4.75. The molecule has 0 saturated carbocycles. The molecule has 2 aromatic rings. The summed E-state index contributed by atoms with van der Waals surface area (Å²) in [5.74, 6) is 1.61. The van der Waals surface area contributed by atoms with Crippen LogP contribution in [0.25, 0.3) is 5.95 Å². The molecule has 1 saturated heterocycles. The zero-order valence-electron chi connectivity index (χ0n) is 11.1. The minimum Gasteiger partial charge on any atom is -0.381 e. The van der Waals surface area contributed by atoms with Crippen molar-refractivity contribution in [2.24, 2.45) is 5.92 Å². The molecule has 1 atom stereocenters. The summed E-state index contributed by atoms with van der Waals surface area (Å²) in [5.41, 5.74) is 5.71. The summed E-state index contributed by atoms with van der Waals surface area (Å²) in [6.07, 6.45) is 7.29. The zero-order valence-corrected chi connectivity index (χ0v) is 11.1. The molecule has 1 aliphatic heterocycles. The van der Waals surface area contributed by atoms with Crippen molar-refractivity contribution in [3.8, 4) is 5.95 Å². The number of nitrogen functional groups attached to an aromatic ring is 1. The number of nitrogens with two attached hydrogens (primary N) is 1. The molecule has 0 bridgehead atoms. The molecule has 0 amide bonds. The number of nitrogens with zero attached hydrogens (tertiary/aromatic N) is 5. The lowest BCUT2D eigenvalue weighted by molar-refractivity contribution is 0.0594. The highest BCUT2D eigenvalue weighted by Gasteiger charge is 2.14. The van der Waals surface area contributed by atoms with Crippen molar-refractivity contribution in [2.45, 2.75) is 12.8 Å². The SMILES string of the molecule is Nc1nc(NCC2CCCOC2)nc(-n2ccnc2)n1. The predicted molar refractivity (Wildman–Crippen MR) is 73.4 cm³/mol. The lowest BCUT2D eigenvalue weighted by Crippen LogP contribution is -2.25. The first-order chi connectivity index (χ1) is 9.81. The number of rotatable bonds is 4. The Balaban J connectivity index is 1.69. The van der Waals surface area contributed by atoms with Gasteiger partial charge in [0.05, 0.1) is 6.61 Å². The van der Waals surface area contributed by atoms with Crippen molar-refractivity contribution in [2.75, 3.05) is 30.8 Å². The van der Waals surface area contributed by atoms with E-state index in [0.717, 1.165) is 32.6 Å². The van der Waals surface area contributed by atoms with Crippen LogP contribution in [0.5, 0.6) is 0 Å². The smallest absolute Gasteiger partial charge is 0.241 e. The van der Waals surface area contributed by atoms with E-state index >= 15 is 0 Å². The lowest BCUT2D eigenvalue weighted by atomic mass is 10.0. The van der Waals surface area contributed by atoms with E-state index in [9.17, 15) is 0 Å². The Morgan fingerprint density at radius 2 is 2.35 bits per heavy atom. The Labute approximate surface area is 116 Å². The van der Waals surface area contributed by atoms with Gasteiger partial charge in [-0.25, -0.2) is 4.98 Å². The number of anilines is 2. The van der Waals surface area contributed by atoms with Crippen molar-refractivity contribution in [3.63, 3.8) is 0 Å². The van der Waals surface area contributed by atoms with E-state index in [0.29, 0.717) is 17.8 Å². The number of hydrogen-bond donors (Lipinski definition) is 2. The summed E-state index contributed by atoms with van der Waals surface area (Å²) < 4.78 is 7.13. The molecule has 8 nitrogen and oxygen atoms in total. The fraction of sp³-hybridized carbons (Fsp3) is 0.500. The molecule has 0 aromatic carbocycles. The highest BCUT2D eigenvalue weighted by atomic mass is 16.5. The molecule has 1 unspecified atom stereocenters. The van der Waals surface area contributed by atoms with Crippen LogP contribution >= 0.6 is 0 Å². The van der Waals surface area contributed by atoms with Crippen LogP contribution in [0.15, 0.2) is 18.7 Å². The van der Waals surface area contributed by atoms with Crippen LogP contribution in [0.1, 0.15) is 12.8 Å². The van der Waals surface area contributed by atoms with Crippen LogP contribution in [0.3, 0.4) is 0 Å². The molecule has 0 radical (unpaired) electrons. The summed E-state index contributed by atoms with van der Waals surface area (Å²) in [5, 5.41) is 3.20. The van der Waals surface area contributed by atoms with Gasteiger partial charge in [-0.1, -0.05) is 0 Å². The number of imidazole rings is 1. The quantitative estimate of drug-likeness (QED) is 0.836. The predicted octanol–water partition coefficient (Wildman–Crippen LogP) is 0.478. The summed E-state index contributed by atoms with van der Waals surface area (Å²) in [6, 6.07) is 0. The summed E-state index contributed by atoms with van der Waals surface area (Å²) in [4.78, 5) is 16.5. The van der Waals surface area contributed by atoms with Crippen LogP contribution in [0.2, 0.25) is 0 Å². The molecule has 106 valence electrons. The molecule has 0 spiro atoms. The minimum absolute atomic E-state index is 0.186. The number of nitrogens with one attached hydrogen (secondary N) is 1. The van der Waals surface area contributed by atoms with Crippen LogP contribution in [-0.2, 0) is 4.74 Å². The van der Waals surface area contributed by atoms with Gasteiger partial charge in [-0.05, 0) is 18.8 Å². The molecule has 1 aliphatic rings. The molecule has 0 aliphatic carbocycles. The van der Waals surface area contributed by atoms with Crippen molar-refractivity contribution < 1.29 is 4.74 Å². The third-order valence-electron chi connectivity index (χ3n) is 3.18. The van der Waals surface area contributed by atoms with Crippen LogP contribution in [-0.4, -0.2) is 44.3 Å². The zero-order chi connectivity index (χ0) is 13.8. The molecule has 3 rings (SSSR count). The Morgan fingerprint density at radius 3 is 3.10 bits per heavy atom. The Kier molecular flexibility index (Phi) is 3.73. The topological polar surface area (TPSA) is 104 Å². The van der Waals surface area contributed by atoms with Crippen LogP contribution in [0, 0.1) is 5.92 Å². The number of hydrogen-bond acceptors (Lipinski definition) is 7. The van der Waals surface area contributed by atoms with Gasteiger partial charge in [-0.15, -0.1) is 0 Å². The number of ether oxygens (including phenoxy) is 1. The average molecular weight is 275 g/mol. The van der Waals surface area contributed by atoms with E-state index in [-0.39, 0.29) is 5.95 Å². The first-order valence-electron chi connectivity index (χ1n) is 6.63. The van der Waals surface area contributed by atoms with E-state index in [1.54, 1.807) is 23.3 Å². The van der Waals surface area contributed by atoms with Gasteiger partial charge in [0.25, 0.3) is 0 Å². The second-order valence-electron chi connectivity index (χ2n) is 4.75. The maximum Gasteiger partial charge on any atom is 0.241 e. The average Bonchev–Trinajstić information content (AvgIpc) is 3.00. The van der Waals surface area contributed by atoms with Gasteiger partial charge in [0, 0.05) is 25.5 Å². The summed E-state index contributed by atoms with van der Waals surface area (Å²) in [6.45, 7) is 2.41. The first-order valence-corrected chi connectivity index (χ1v) is 6.63. The first kappa shape index (κ1) is 12.8. The highest BCUT2D eigenvalue weighted by Crippen LogP contribution is 2.14. The van der Waals surface area contributed by atoms with Gasteiger partial charge in [0.1, 0.15) is 6.33 Å². The van der Waals surface area contributed by atoms with E-state index < -0.39 is 0 Å². The van der Waals surface area contributed by atoms with E-state index in [4.69, 9.17) is 10.5 Å². The number of aromatic nitrogens is 5. The standard InChI is InChI=1S/C12H17N7O/c13-10-16-11(15-6-9-2-1-5-20-7-9)18-12(17-10)19-4-3-14-8-19/h3-4,8-9H,1-2,5-7H2,(H3,13,15,16,17,18). The monoisotopic (exact) mass is 275 g/mol. The van der Waals surface area contributed by atoms with Gasteiger partial charge >= 0.3 is 0 Å². The minimum atomic E-state index is 0.186. The van der Waals surface area contributed by atoms with Crippen molar-refractivity contribution in [3.05, 3.63) is 18.7 Å². The lowest BCUT2D eigenvalue weighted by Gasteiger charge is -2.22. The maximum absolute atomic E-state index is 5.71. The van der Waals surface area contributed by atoms with Crippen molar-refractivity contribution in [1.82, 2.24) is 24.5 Å². The molecule has 20 heavy (non-hydrogen) atoms. The molecular weight excluding hydrogens is 258 g/mol. The van der Waals surface area contributed by atoms with Gasteiger partial charge < -0.3 is 15.8 Å².